The molecule has 200 valence electrons. The summed E-state index contributed by atoms with van der Waals surface area (Å²) in [5.41, 5.74) is 2.90. The molecule has 0 atom stereocenters. The van der Waals surface area contributed by atoms with Crippen LogP contribution in [0.25, 0.3) is 10.9 Å². The lowest BCUT2D eigenvalue weighted by atomic mass is 10.1. The van der Waals surface area contributed by atoms with E-state index in [4.69, 9.17) is 21.4 Å². The minimum atomic E-state index is -3.67. The summed E-state index contributed by atoms with van der Waals surface area (Å²) in [6.07, 6.45) is 0.390. The number of nitrogens with zero attached hydrogens (tertiary/aromatic N) is 2. The molecule has 0 aliphatic heterocycles. The van der Waals surface area contributed by atoms with E-state index in [1.165, 1.54) is 13.2 Å². The summed E-state index contributed by atoms with van der Waals surface area (Å²) in [4.78, 5) is 22.6. The Morgan fingerprint density at radius 1 is 1.11 bits per heavy atom. The molecule has 9 nitrogen and oxygen atoms in total. The van der Waals surface area contributed by atoms with Gasteiger partial charge in [-0.15, -0.1) is 11.3 Å². The van der Waals surface area contributed by atoms with Crippen LogP contribution in [-0.2, 0) is 38.3 Å². The van der Waals surface area contributed by atoms with Gasteiger partial charge in [0.05, 0.1) is 34.6 Å². The molecule has 0 aliphatic rings. The lowest BCUT2D eigenvalue weighted by Crippen LogP contribution is -2.22. The molecule has 0 bridgehead atoms. The van der Waals surface area contributed by atoms with Gasteiger partial charge >= 0.3 is 5.97 Å². The zero-order valence-electron chi connectivity index (χ0n) is 20.5. The minimum absolute atomic E-state index is 0.0458. The number of thiophene rings is 1. The molecule has 2 aromatic carbocycles. The molecule has 0 spiro atoms. The first-order valence-electron chi connectivity index (χ1n) is 11.7. The van der Waals surface area contributed by atoms with E-state index < -0.39 is 15.8 Å². The average Bonchev–Trinajstić information content (AvgIpc) is 3.47. The van der Waals surface area contributed by atoms with Crippen LogP contribution < -0.4 is 10.1 Å². The Labute approximate surface area is 228 Å². The van der Waals surface area contributed by atoms with E-state index >= 15 is 0 Å². The lowest BCUT2D eigenvalue weighted by Gasteiger charge is -2.09. The summed E-state index contributed by atoms with van der Waals surface area (Å²) < 4.78 is 34.0. The Bertz CT molecular complexity index is 1580. The van der Waals surface area contributed by atoms with Gasteiger partial charge in [0, 0.05) is 19.4 Å². The molecular formula is C26H26ClN3O6S2. The van der Waals surface area contributed by atoms with Crippen LogP contribution in [0.1, 0.15) is 36.1 Å². The van der Waals surface area contributed by atoms with E-state index in [-0.39, 0.29) is 35.1 Å². The molecular weight excluding hydrogens is 550 g/mol. The number of carboxylic acids is 1. The Kier molecular flexibility index (Phi) is 8.70. The van der Waals surface area contributed by atoms with Gasteiger partial charge < -0.3 is 15.2 Å². The van der Waals surface area contributed by atoms with Crippen molar-refractivity contribution >= 4 is 55.6 Å². The standard InChI is InChI=1S/C26H26ClN3O6S2/c1-36-21-8-3-7-20-26(21)19(16-38(34,35)25-12-11-22(27)37-25)29-30(20)15-18-6-2-5-17(13-18)14-28-23(31)9-4-10-24(32)33/h2-3,5-8,11-13H,4,9-10,14-16H2,1H3,(H,28,31)(H,32,33). The molecule has 38 heavy (non-hydrogen) atoms. The molecule has 1 amide bonds. The second kappa shape index (κ2) is 12.0. The number of sulfone groups is 1. The molecule has 0 unspecified atom stereocenters. The summed E-state index contributed by atoms with van der Waals surface area (Å²) in [7, 11) is -2.14. The van der Waals surface area contributed by atoms with Crippen LogP contribution in [0, 0.1) is 0 Å². The molecule has 4 aromatic rings. The van der Waals surface area contributed by atoms with Gasteiger partial charge in [-0.25, -0.2) is 8.42 Å². The summed E-state index contributed by atoms with van der Waals surface area (Å²) in [6.45, 7) is 0.676. The SMILES string of the molecule is COc1cccc2c1c(CS(=O)(=O)c1ccc(Cl)s1)nn2Cc1cccc(CNC(=O)CCCC(=O)O)c1. The molecule has 4 rings (SSSR count). The maximum absolute atomic E-state index is 13.1. The number of benzene rings is 2. The van der Waals surface area contributed by atoms with Gasteiger partial charge in [-0.1, -0.05) is 41.9 Å². The van der Waals surface area contributed by atoms with E-state index in [9.17, 15) is 18.0 Å². The first-order valence-corrected chi connectivity index (χ1v) is 14.6. The van der Waals surface area contributed by atoms with Crippen LogP contribution in [0.2, 0.25) is 4.34 Å². The molecule has 2 aromatic heterocycles. The highest BCUT2D eigenvalue weighted by atomic mass is 35.5. The Morgan fingerprint density at radius 2 is 1.87 bits per heavy atom. The molecule has 0 aliphatic carbocycles. The van der Waals surface area contributed by atoms with Crippen LogP contribution in [0.4, 0.5) is 0 Å². The van der Waals surface area contributed by atoms with Gasteiger partial charge in [-0.2, -0.15) is 5.10 Å². The fourth-order valence-electron chi connectivity index (χ4n) is 4.08. The third kappa shape index (κ3) is 6.72. The average molecular weight is 576 g/mol. The van der Waals surface area contributed by atoms with Crippen molar-refractivity contribution in [3.8, 4) is 5.75 Å². The van der Waals surface area contributed by atoms with Gasteiger partial charge in [0.25, 0.3) is 0 Å². The number of nitrogens with one attached hydrogen (secondary N) is 1. The van der Waals surface area contributed by atoms with Crippen molar-refractivity contribution in [1.82, 2.24) is 15.1 Å². The molecule has 2 N–H and O–H groups in total. The van der Waals surface area contributed by atoms with Crippen molar-refractivity contribution < 1.29 is 27.9 Å². The molecule has 12 heteroatoms. The zero-order chi connectivity index (χ0) is 27.3. The smallest absolute Gasteiger partial charge is 0.303 e. The van der Waals surface area contributed by atoms with Crippen LogP contribution in [0.3, 0.4) is 0 Å². The number of fused-ring (bicyclic) bond motifs is 1. The summed E-state index contributed by atoms with van der Waals surface area (Å²) in [5.74, 6) is -0.907. The summed E-state index contributed by atoms with van der Waals surface area (Å²) in [5, 5.41) is 16.8. The Balaban J connectivity index is 1.56. The van der Waals surface area contributed by atoms with Crippen LogP contribution in [-0.4, -0.2) is 42.3 Å². The maximum atomic E-state index is 13.1. The van der Waals surface area contributed by atoms with E-state index in [0.717, 1.165) is 28.0 Å². The van der Waals surface area contributed by atoms with E-state index in [0.29, 0.717) is 34.3 Å². The molecule has 0 saturated heterocycles. The molecule has 2 heterocycles. The van der Waals surface area contributed by atoms with Crippen molar-refractivity contribution in [3.05, 3.63) is 75.8 Å². The van der Waals surface area contributed by atoms with Crippen LogP contribution in [0.5, 0.6) is 5.75 Å². The number of ether oxygens (including phenoxy) is 1. The predicted octanol–water partition coefficient (Wildman–Crippen LogP) is 4.65. The number of hydrogen-bond acceptors (Lipinski definition) is 7. The molecule has 0 saturated carbocycles. The largest absolute Gasteiger partial charge is 0.496 e. The van der Waals surface area contributed by atoms with Crippen molar-refractivity contribution in [2.24, 2.45) is 0 Å². The number of amides is 1. The zero-order valence-corrected chi connectivity index (χ0v) is 22.9. The van der Waals surface area contributed by atoms with Gasteiger partial charge in [-0.05, 0) is 41.8 Å². The number of hydrogen-bond donors (Lipinski definition) is 2. The van der Waals surface area contributed by atoms with E-state index in [1.54, 1.807) is 16.8 Å². The Hall–Kier alpha value is -3.41. The highest BCUT2D eigenvalue weighted by Gasteiger charge is 2.24. The van der Waals surface area contributed by atoms with Crippen molar-refractivity contribution in [2.45, 2.75) is 42.3 Å². The second-order valence-corrected chi connectivity index (χ2v) is 12.6. The van der Waals surface area contributed by atoms with Crippen LogP contribution >= 0.6 is 22.9 Å². The van der Waals surface area contributed by atoms with E-state index in [1.807, 2.05) is 36.4 Å². The predicted molar refractivity (Wildman–Crippen MR) is 145 cm³/mol. The van der Waals surface area contributed by atoms with Gasteiger partial charge in [0.1, 0.15) is 15.7 Å². The molecule has 0 fully saturated rings. The number of methoxy groups -OCH3 is 1. The minimum Gasteiger partial charge on any atom is -0.496 e. The van der Waals surface area contributed by atoms with Crippen molar-refractivity contribution in [3.63, 3.8) is 0 Å². The first kappa shape index (κ1) is 27.6. The number of carbonyl (C=O) groups excluding carboxylic acids is 1. The summed E-state index contributed by atoms with van der Waals surface area (Å²) in [6, 6.07) is 16.1. The maximum Gasteiger partial charge on any atom is 0.303 e. The topological polar surface area (TPSA) is 128 Å². The van der Waals surface area contributed by atoms with Gasteiger partial charge in [-0.3, -0.25) is 14.3 Å². The normalized spacial score (nSPS) is 11.5. The number of rotatable bonds is 12. The highest BCUT2D eigenvalue weighted by molar-refractivity contribution is 7.92. The van der Waals surface area contributed by atoms with Crippen LogP contribution in [0.15, 0.2) is 58.8 Å². The second-order valence-electron chi connectivity index (χ2n) is 8.62. The highest BCUT2D eigenvalue weighted by Crippen LogP contribution is 2.33. The number of aliphatic carboxylic acids is 1. The van der Waals surface area contributed by atoms with Gasteiger partial charge in [0.2, 0.25) is 5.91 Å². The first-order chi connectivity index (χ1) is 18.2. The number of carbonyl (C=O) groups is 2. The van der Waals surface area contributed by atoms with Crippen molar-refractivity contribution in [1.29, 1.82) is 0 Å². The van der Waals surface area contributed by atoms with Crippen molar-refractivity contribution in [2.75, 3.05) is 7.11 Å². The monoisotopic (exact) mass is 575 g/mol. The fraction of sp³-hybridized carbons (Fsp3) is 0.269. The Morgan fingerprint density at radius 3 is 2.58 bits per heavy atom. The summed E-state index contributed by atoms with van der Waals surface area (Å²) >= 11 is 6.97. The third-order valence-electron chi connectivity index (χ3n) is 5.82. The number of carboxylic acid groups (broad SMARTS) is 1. The van der Waals surface area contributed by atoms with Gasteiger partial charge in [0.15, 0.2) is 9.84 Å². The fourth-order valence-corrected chi connectivity index (χ4v) is 6.93. The number of halogens is 1. The molecule has 0 radical (unpaired) electrons. The third-order valence-corrected chi connectivity index (χ3v) is 9.26. The quantitative estimate of drug-likeness (QED) is 0.251. The number of aromatic nitrogens is 2. The van der Waals surface area contributed by atoms with E-state index in [2.05, 4.69) is 10.4 Å². The lowest BCUT2D eigenvalue weighted by molar-refractivity contribution is -0.137.